The average Bonchev–Trinajstić information content (AvgIpc) is 2.99. The molecule has 3 heteroatoms. The molecule has 0 radical (unpaired) electrons. The number of methoxy groups -OCH3 is 1. The first-order chi connectivity index (χ1) is 10.4. The number of benzene rings is 2. The van der Waals surface area contributed by atoms with Gasteiger partial charge in [-0.2, -0.15) is 0 Å². The number of nitrogens with one attached hydrogen (secondary N) is 1. The summed E-state index contributed by atoms with van der Waals surface area (Å²) in [7, 11) is 1.70. The monoisotopic (exact) mass is 276 g/mol. The topological polar surface area (TPSA) is 34.1 Å². The summed E-state index contributed by atoms with van der Waals surface area (Å²) >= 11 is 0. The van der Waals surface area contributed by atoms with Gasteiger partial charge in [0, 0.05) is 17.8 Å². The van der Waals surface area contributed by atoms with Gasteiger partial charge in [0.15, 0.2) is 0 Å². The van der Waals surface area contributed by atoms with Crippen LogP contribution in [-0.2, 0) is 0 Å². The summed E-state index contributed by atoms with van der Waals surface area (Å²) in [6.07, 6.45) is 1.94. The summed E-state index contributed by atoms with van der Waals surface area (Å²) in [5, 5.41) is 4.65. The number of nitrogens with zero attached hydrogens (tertiary/aromatic N) is 1. The second-order valence-electron chi connectivity index (χ2n) is 5.31. The summed E-state index contributed by atoms with van der Waals surface area (Å²) in [4.78, 5) is 4.54. The molecule has 21 heavy (non-hydrogen) atoms. The van der Waals surface area contributed by atoms with Gasteiger partial charge in [-0.25, -0.2) is 0 Å². The van der Waals surface area contributed by atoms with Gasteiger partial charge in [-0.3, -0.25) is 4.98 Å². The molecule has 0 fully saturated rings. The van der Waals surface area contributed by atoms with Crippen molar-refractivity contribution in [3.05, 3.63) is 65.9 Å². The summed E-state index contributed by atoms with van der Waals surface area (Å²) < 4.78 is 5.37. The van der Waals surface area contributed by atoms with Gasteiger partial charge >= 0.3 is 0 Å². The lowest BCUT2D eigenvalue weighted by Crippen LogP contribution is -2.03. The highest BCUT2D eigenvalue weighted by Crippen LogP contribution is 2.40. The third-order valence-electron chi connectivity index (χ3n) is 4.16. The molecule has 3 aromatic rings. The summed E-state index contributed by atoms with van der Waals surface area (Å²) in [5.74, 6) is 1.23. The minimum absolute atomic E-state index is 0.360. The van der Waals surface area contributed by atoms with Crippen LogP contribution in [0.5, 0.6) is 5.75 Å². The van der Waals surface area contributed by atoms with E-state index in [2.05, 4.69) is 46.7 Å². The maximum Gasteiger partial charge on any atom is 0.119 e. The van der Waals surface area contributed by atoms with E-state index >= 15 is 0 Å². The number of rotatable bonds is 2. The third-order valence-corrected chi connectivity index (χ3v) is 4.16. The maximum absolute atomic E-state index is 5.37. The van der Waals surface area contributed by atoms with Crippen LogP contribution in [0.1, 0.15) is 17.0 Å². The van der Waals surface area contributed by atoms with Gasteiger partial charge in [-0.15, -0.1) is 0 Å². The molecule has 3 nitrogen and oxygen atoms in total. The summed E-state index contributed by atoms with van der Waals surface area (Å²) in [5.41, 5.74) is 4.80. The highest BCUT2D eigenvalue weighted by molar-refractivity contribution is 5.90. The van der Waals surface area contributed by atoms with Crippen molar-refractivity contribution in [2.24, 2.45) is 0 Å². The standard InChI is InChI=1S/C18H16N2O/c1-21-13-7-8-16-14(9-13)18-15(10-19-17(18)11-20-16)12-5-3-2-4-6-12/h2-9,11,15,19H,10H2,1H3. The fourth-order valence-electron chi connectivity index (χ4n) is 3.12. The molecule has 0 amide bonds. The second-order valence-corrected chi connectivity index (χ2v) is 5.31. The zero-order valence-corrected chi connectivity index (χ0v) is 11.8. The number of ether oxygens (including phenoxy) is 1. The first-order valence-corrected chi connectivity index (χ1v) is 7.12. The van der Waals surface area contributed by atoms with Gasteiger partial charge < -0.3 is 10.1 Å². The molecule has 0 spiro atoms. The molecule has 1 unspecified atom stereocenters. The number of anilines is 1. The number of hydrogen-bond acceptors (Lipinski definition) is 3. The third kappa shape index (κ3) is 1.93. The van der Waals surface area contributed by atoms with Crippen LogP contribution < -0.4 is 10.1 Å². The van der Waals surface area contributed by atoms with Crippen LogP contribution in [-0.4, -0.2) is 18.6 Å². The number of pyridine rings is 1. The van der Waals surface area contributed by atoms with Gasteiger partial charge in [0.25, 0.3) is 0 Å². The molecule has 2 aromatic carbocycles. The Balaban J connectivity index is 1.95. The van der Waals surface area contributed by atoms with Crippen molar-refractivity contribution in [1.29, 1.82) is 0 Å². The molecule has 0 saturated carbocycles. The minimum atomic E-state index is 0.360. The normalized spacial score (nSPS) is 16.5. The molecule has 1 atom stereocenters. The molecule has 1 aliphatic rings. The largest absolute Gasteiger partial charge is 0.497 e. The lowest BCUT2D eigenvalue weighted by atomic mass is 9.91. The SMILES string of the molecule is COc1ccc2ncc3c(c2c1)C(c1ccccc1)CN3. The van der Waals surface area contributed by atoms with Crippen LogP contribution >= 0.6 is 0 Å². The van der Waals surface area contributed by atoms with Crippen molar-refractivity contribution in [3.63, 3.8) is 0 Å². The quantitative estimate of drug-likeness (QED) is 0.773. The zero-order chi connectivity index (χ0) is 14.2. The Hall–Kier alpha value is -2.55. The minimum Gasteiger partial charge on any atom is -0.497 e. The van der Waals surface area contributed by atoms with E-state index in [1.165, 1.54) is 16.5 Å². The first kappa shape index (κ1) is 12.2. The molecule has 1 N–H and O–H groups in total. The van der Waals surface area contributed by atoms with Gasteiger partial charge in [-0.05, 0) is 29.3 Å². The predicted molar refractivity (Wildman–Crippen MR) is 85.1 cm³/mol. The first-order valence-electron chi connectivity index (χ1n) is 7.12. The van der Waals surface area contributed by atoms with Crippen LogP contribution in [0, 0.1) is 0 Å². The molecule has 1 aromatic heterocycles. The van der Waals surface area contributed by atoms with Gasteiger partial charge in [0.05, 0.1) is 24.5 Å². The molecule has 2 heterocycles. The highest BCUT2D eigenvalue weighted by atomic mass is 16.5. The average molecular weight is 276 g/mol. The van der Waals surface area contributed by atoms with Crippen molar-refractivity contribution in [3.8, 4) is 5.75 Å². The molecular formula is C18H16N2O. The van der Waals surface area contributed by atoms with Crippen molar-refractivity contribution in [1.82, 2.24) is 4.98 Å². The molecule has 0 bridgehead atoms. The molecule has 104 valence electrons. The number of aromatic nitrogens is 1. The van der Waals surface area contributed by atoms with E-state index in [1.807, 2.05) is 18.3 Å². The highest BCUT2D eigenvalue weighted by Gasteiger charge is 2.26. The van der Waals surface area contributed by atoms with Crippen LogP contribution in [0.2, 0.25) is 0 Å². The van der Waals surface area contributed by atoms with E-state index in [9.17, 15) is 0 Å². The van der Waals surface area contributed by atoms with Crippen LogP contribution in [0.4, 0.5) is 5.69 Å². The number of fused-ring (bicyclic) bond motifs is 3. The maximum atomic E-state index is 5.37. The van der Waals surface area contributed by atoms with E-state index in [1.54, 1.807) is 7.11 Å². The lowest BCUT2D eigenvalue weighted by molar-refractivity contribution is 0.415. The number of hydrogen-bond donors (Lipinski definition) is 1. The zero-order valence-electron chi connectivity index (χ0n) is 11.8. The molecule has 0 aliphatic carbocycles. The Morgan fingerprint density at radius 2 is 2.00 bits per heavy atom. The Kier molecular flexibility index (Phi) is 2.78. The fraction of sp³-hybridized carbons (Fsp3) is 0.167. The van der Waals surface area contributed by atoms with Crippen LogP contribution in [0.3, 0.4) is 0 Å². The van der Waals surface area contributed by atoms with E-state index in [0.717, 1.165) is 23.5 Å². The van der Waals surface area contributed by atoms with E-state index in [-0.39, 0.29) is 0 Å². The molecule has 4 rings (SSSR count). The van der Waals surface area contributed by atoms with Gasteiger partial charge in [0.2, 0.25) is 0 Å². The smallest absolute Gasteiger partial charge is 0.119 e. The van der Waals surface area contributed by atoms with Crippen LogP contribution in [0.25, 0.3) is 10.9 Å². The summed E-state index contributed by atoms with van der Waals surface area (Å²) in [6.45, 7) is 0.914. The van der Waals surface area contributed by atoms with E-state index in [0.29, 0.717) is 5.92 Å². The lowest BCUT2D eigenvalue weighted by Gasteiger charge is -2.13. The van der Waals surface area contributed by atoms with Gasteiger partial charge in [-0.1, -0.05) is 30.3 Å². The Morgan fingerprint density at radius 1 is 1.14 bits per heavy atom. The van der Waals surface area contributed by atoms with E-state index in [4.69, 9.17) is 4.74 Å². The van der Waals surface area contributed by atoms with Crippen molar-refractivity contribution >= 4 is 16.6 Å². The predicted octanol–water partition coefficient (Wildman–Crippen LogP) is 3.80. The summed E-state index contributed by atoms with van der Waals surface area (Å²) in [6, 6.07) is 16.7. The van der Waals surface area contributed by atoms with Crippen molar-refractivity contribution < 1.29 is 4.74 Å². The fourth-order valence-corrected chi connectivity index (χ4v) is 3.12. The van der Waals surface area contributed by atoms with Crippen molar-refractivity contribution in [2.45, 2.75) is 5.92 Å². The molecule has 0 saturated heterocycles. The van der Waals surface area contributed by atoms with Gasteiger partial charge in [0.1, 0.15) is 5.75 Å². The Labute approximate surface area is 123 Å². The molecule has 1 aliphatic heterocycles. The van der Waals surface area contributed by atoms with Crippen LogP contribution in [0.15, 0.2) is 54.7 Å². The van der Waals surface area contributed by atoms with Crippen molar-refractivity contribution in [2.75, 3.05) is 19.0 Å². The Morgan fingerprint density at radius 3 is 2.81 bits per heavy atom. The van der Waals surface area contributed by atoms with E-state index < -0.39 is 0 Å². The molecular weight excluding hydrogens is 260 g/mol. The second kappa shape index (κ2) is 4.77. The Bertz CT molecular complexity index is 799.